The quantitative estimate of drug-likeness (QED) is 0.631. The van der Waals surface area contributed by atoms with E-state index in [1.807, 2.05) is 0 Å². The van der Waals surface area contributed by atoms with Gasteiger partial charge in [0.1, 0.15) is 0 Å². The molecule has 1 heteroatoms. The van der Waals surface area contributed by atoms with Crippen molar-refractivity contribution in [1.82, 2.24) is 0 Å². The maximum Gasteiger partial charge on any atom is 0.00300 e. The molecular formula is C17H22Hf. The van der Waals surface area contributed by atoms with Gasteiger partial charge in [-0.25, -0.2) is 0 Å². The van der Waals surface area contributed by atoms with Gasteiger partial charge in [0, 0.05) is 31.8 Å². The summed E-state index contributed by atoms with van der Waals surface area (Å²) in [6.07, 6.45) is 14.2. The summed E-state index contributed by atoms with van der Waals surface area (Å²) in [6, 6.07) is 4.72. The van der Waals surface area contributed by atoms with E-state index in [1.54, 1.807) is 16.7 Å². The minimum atomic E-state index is 0. The minimum absolute atomic E-state index is 0. The van der Waals surface area contributed by atoms with Gasteiger partial charge in [0.25, 0.3) is 0 Å². The molecule has 1 aromatic rings. The van der Waals surface area contributed by atoms with E-state index in [4.69, 9.17) is 0 Å². The standard InChI is InChI=1S/C17H22.Hf/c1-2-3-6-14-11-12-15-10-9-13-7-4-5-8-16(13)17(14)15;/h9-12,14H,2-8H2,1H3;. The molecule has 3 rings (SSSR count). The van der Waals surface area contributed by atoms with Crippen molar-refractivity contribution in [3.8, 4) is 0 Å². The first-order chi connectivity index (χ1) is 8.40. The fraction of sp³-hybridized carbons (Fsp3) is 0.529. The average molecular weight is 405 g/mol. The van der Waals surface area contributed by atoms with Crippen molar-refractivity contribution >= 4 is 6.08 Å². The third-order valence-electron chi connectivity index (χ3n) is 4.36. The largest absolute Gasteiger partial charge is 0.0764 e. The van der Waals surface area contributed by atoms with Gasteiger partial charge < -0.3 is 0 Å². The van der Waals surface area contributed by atoms with Crippen LogP contribution in [0.25, 0.3) is 6.08 Å². The molecule has 0 spiro atoms. The second kappa shape index (κ2) is 6.32. The van der Waals surface area contributed by atoms with Crippen LogP contribution in [0.3, 0.4) is 0 Å². The molecule has 18 heavy (non-hydrogen) atoms. The summed E-state index contributed by atoms with van der Waals surface area (Å²) in [6.45, 7) is 2.29. The summed E-state index contributed by atoms with van der Waals surface area (Å²) in [5.41, 5.74) is 6.54. The van der Waals surface area contributed by atoms with E-state index in [0.29, 0.717) is 0 Å². The van der Waals surface area contributed by atoms with Crippen LogP contribution in [0.2, 0.25) is 0 Å². The van der Waals surface area contributed by atoms with E-state index in [-0.39, 0.29) is 25.8 Å². The van der Waals surface area contributed by atoms with Gasteiger partial charge in [0.15, 0.2) is 0 Å². The zero-order chi connectivity index (χ0) is 11.7. The number of hydrogen-bond acceptors (Lipinski definition) is 0. The predicted molar refractivity (Wildman–Crippen MR) is 74.4 cm³/mol. The van der Waals surface area contributed by atoms with E-state index in [2.05, 4.69) is 31.2 Å². The molecule has 1 unspecified atom stereocenters. The molecule has 0 saturated heterocycles. The normalized spacial score (nSPS) is 20.2. The van der Waals surface area contributed by atoms with Crippen LogP contribution >= 0.6 is 0 Å². The zero-order valence-corrected chi connectivity index (χ0v) is 14.9. The van der Waals surface area contributed by atoms with Crippen molar-refractivity contribution in [2.24, 2.45) is 0 Å². The first kappa shape index (κ1) is 14.2. The van der Waals surface area contributed by atoms with E-state index in [1.165, 1.54) is 50.5 Å². The Hall–Kier alpha value is -0.170. The number of rotatable bonds is 3. The van der Waals surface area contributed by atoms with Crippen LogP contribution in [0.1, 0.15) is 67.2 Å². The van der Waals surface area contributed by atoms with Gasteiger partial charge in [-0.3, -0.25) is 0 Å². The Labute approximate surface area is 130 Å². The molecule has 0 fully saturated rings. The van der Waals surface area contributed by atoms with Crippen molar-refractivity contribution in [3.63, 3.8) is 0 Å². The molecule has 2 aliphatic rings. The molecule has 0 N–H and O–H groups in total. The third kappa shape index (κ3) is 2.57. The molecule has 1 atom stereocenters. The fourth-order valence-corrected chi connectivity index (χ4v) is 3.44. The molecule has 0 aliphatic heterocycles. The fourth-order valence-electron chi connectivity index (χ4n) is 3.44. The Morgan fingerprint density at radius 3 is 2.83 bits per heavy atom. The van der Waals surface area contributed by atoms with E-state index in [9.17, 15) is 0 Å². The molecular weight excluding hydrogens is 383 g/mol. The maximum atomic E-state index is 2.44. The Bertz CT molecular complexity index is 445. The second-order valence-electron chi connectivity index (χ2n) is 5.52. The van der Waals surface area contributed by atoms with Gasteiger partial charge in [-0.05, 0) is 54.4 Å². The summed E-state index contributed by atoms with van der Waals surface area (Å²) in [5, 5.41) is 0. The predicted octanol–water partition coefficient (Wildman–Crippen LogP) is 4.86. The number of benzene rings is 1. The number of unbranched alkanes of at least 4 members (excludes halogenated alkanes) is 1. The van der Waals surface area contributed by atoms with E-state index in [0.717, 1.165) is 5.92 Å². The molecule has 0 amide bonds. The topological polar surface area (TPSA) is 0 Å². The second-order valence-corrected chi connectivity index (χ2v) is 5.52. The van der Waals surface area contributed by atoms with Crippen LogP contribution in [0.4, 0.5) is 0 Å². The van der Waals surface area contributed by atoms with Crippen LogP contribution in [-0.4, -0.2) is 0 Å². The molecule has 0 heterocycles. The minimum Gasteiger partial charge on any atom is -0.0764 e. The number of aryl methyl sites for hydroxylation is 1. The van der Waals surface area contributed by atoms with E-state index < -0.39 is 0 Å². The first-order valence-electron chi connectivity index (χ1n) is 7.23. The van der Waals surface area contributed by atoms with Crippen molar-refractivity contribution in [2.45, 2.75) is 57.8 Å². The summed E-state index contributed by atoms with van der Waals surface area (Å²) in [7, 11) is 0. The van der Waals surface area contributed by atoms with Gasteiger partial charge in [-0.2, -0.15) is 0 Å². The van der Waals surface area contributed by atoms with Crippen molar-refractivity contribution in [1.29, 1.82) is 0 Å². The van der Waals surface area contributed by atoms with Gasteiger partial charge >= 0.3 is 0 Å². The van der Waals surface area contributed by atoms with Crippen molar-refractivity contribution in [2.75, 3.05) is 0 Å². The molecule has 0 nitrogen and oxygen atoms in total. The molecule has 0 bridgehead atoms. The molecule has 0 radical (unpaired) electrons. The maximum absolute atomic E-state index is 2.44. The first-order valence-corrected chi connectivity index (χ1v) is 7.23. The van der Waals surface area contributed by atoms with Gasteiger partial charge in [-0.1, -0.05) is 44.1 Å². The van der Waals surface area contributed by atoms with Crippen LogP contribution in [0, 0.1) is 0 Å². The zero-order valence-electron chi connectivity index (χ0n) is 11.3. The Morgan fingerprint density at radius 1 is 1.17 bits per heavy atom. The summed E-state index contributed by atoms with van der Waals surface area (Å²) < 4.78 is 0. The number of allylic oxidation sites excluding steroid dienone is 1. The molecule has 2 aliphatic carbocycles. The number of fused-ring (bicyclic) bond motifs is 3. The SMILES string of the molecule is CCCCC1C=Cc2ccc3c(c21)CCCC3.[Hf]. The van der Waals surface area contributed by atoms with Gasteiger partial charge in [-0.15, -0.1) is 0 Å². The monoisotopic (exact) mass is 406 g/mol. The Kier molecular flexibility index (Phi) is 5.00. The number of hydrogen-bond donors (Lipinski definition) is 0. The smallest absolute Gasteiger partial charge is 0.00300 e. The summed E-state index contributed by atoms with van der Waals surface area (Å²) in [4.78, 5) is 0. The molecule has 94 valence electrons. The summed E-state index contributed by atoms with van der Waals surface area (Å²) in [5.74, 6) is 0.720. The summed E-state index contributed by atoms with van der Waals surface area (Å²) >= 11 is 0. The van der Waals surface area contributed by atoms with Crippen molar-refractivity contribution < 1.29 is 25.8 Å². The molecule has 1 aromatic carbocycles. The molecule has 0 aromatic heterocycles. The van der Waals surface area contributed by atoms with Crippen LogP contribution < -0.4 is 0 Å². The molecule has 0 saturated carbocycles. The third-order valence-corrected chi connectivity index (χ3v) is 4.36. The average Bonchev–Trinajstić information content (AvgIpc) is 2.80. The van der Waals surface area contributed by atoms with Gasteiger partial charge in [0.2, 0.25) is 0 Å². The van der Waals surface area contributed by atoms with Crippen molar-refractivity contribution in [3.05, 3.63) is 40.5 Å². The van der Waals surface area contributed by atoms with Crippen LogP contribution in [0.5, 0.6) is 0 Å². The Balaban J connectivity index is 0.00000120. The van der Waals surface area contributed by atoms with Crippen LogP contribution in [-0.2, 0) is 38.7 Å². The van der Waals surface area contributed by atoms with Gasteiger partial charge in [0.05, 0.1) is 0 Å². The van der Waals surface area contributed by atoms with E-state index >= 15 is 0 Å². The Morgan fingerprint density at radius 2 is 2.00 bits per heavy atom. The van der Waals surface area contributed by atoms with Crippen LogP contribution in [0.15, 0.2) is 18.2 Å².